The zero-order valence-corrected chi connectivity index (χ0v) is 11.1. The molecular formula is C12H24N2S. The summed E-state index contributed by atoms with van der Waals surface area (Å²) in [5, 5.41) is 4.38. The van der Waals surface area contributed by atoms with Crippen molar-refractivity contribution in [1.29, 1.82) is 0 Å². The quantitative estimate of drug-likeness (QED) is 0.556. The molecule has 2 nitrogen and oxygen atoms in total. The van der Waals surface area contributed by atoms with Gasteiger partial charge in [-0.3, -0.25) is 0 Å². The van der Waals surface area contributed by atoms with Crippen LogP contribution in [0.5, 0.6) is 0 Å². The summed E-state index contributed by atoms with van der Waals surface area (Å²) in [5.41, 5.74) is 0. The Labute approximate surface area is 99.4 Å². The fraction of sp³-hybridized carbons (Fsp3) is 0.917. The maximum atomic E-state index is 5.43. The molecule has 0 unspecified atom stereocenters. The van der Waals surface area contributed by atoms with Gasteiger partial charge in [0.15, 0.2) is 5.11 Å². The van der Waals surface area contributed by atoms with E-state index >= 15 is 0 Å². The van der Waals surface area contributed by atoms with Gasteiger partial charge in [0.25, 0.3) is 0 Å². The molecular weight excluding hydrogens is 204 g/mol. The predicted octanol–water partition coefficient (Wildman–Crippen LogP) is 2.92. The Morgan fingerprint density at radius 2 is 2.07 bits per heavy atom. The van der Waals surface area contributed by atoms with Crippen molar-refractivity contribution in [1.82, 2.24) is 10.2 Å². The lowest BCUT2D eigenvalue weighted by Gasteiger charge is -2.29. The van der Waals surface area contributed by atoms with Gasteiger partial charge in [0, 0.05) is 18.6 Å². The van der Waals surface area contributed by atoms with Gasteiger partial charge in [0.2, 0.25) is 0 Å². The molecule has 0 aromatic rings. The fourth-order valence-corrected chi connectivity index (χ4v) is 2.08. The Morgan fingerprint density at radius 1 is 1.40 bits per heavy atom. The summed E-state index contributed by atoms with van der Waals surface area (Å²) >= 11 is 5.43. The average Bonchev–Trinajstić information content (AvgIpc) is 2.95. The van der Waals surface area contributed by atoms with Crippen molar-refractivity contribution in [2.24, 2.45) is 0 Å². The second-order valence-electron chi connectivity index (χ2n) is 4.72. The summed E-state index contributed by atoms with van der Waals surface area (Å²) < 4.78 is 0. The molecule has 3 heteroatoms. The van der Waals surface area contributed by atoms with Crippen LogP contribution in [-0.4, -0.2) is 28.6 Å². The lowest BCUT2D eigenvalue weighted by atomic mass is 10.2. The highest BCUT2D eigenvalue weighted by Gasteiger charge is 2.24. The van der Waals surface area contributed by atoms with Crippen LogP contribution in [-0.2, 0) is 0 Å². The fourth-order valence-electron chi connectivity index (χ4n) is 1.61. The summed E-state index contributed by atoms with van der Waals surface area (Å²) in [6, 6.07) is 1.19. The van der Waals surface area contributed by atoms with E-state index in [9.17, 15) is 0 Å². The van der Waals surface area contributed by atoms with Gasteiger partial charge in [0.1, 0.15) is 0 Å². The van der Waals surface area contributed by atoms with E-state index < -0.39 is 0 Å². The van der Waals surface area contributed by atoms with Crippen LogP contribution < -0.4 is 5.32 Å². The molecule has 1 fully saturated rings. The lowest BCUT2D eigenvalue weighted by molar-refractivity contribution is 0.335. The van der Waals surface area contributed by atoms with E-state index in [1.54, 1.807) is 0 Å². The van der Waals surface area contributed by atoms with Crippen LogP contribution in [0.4, 0.5) is 0 Å². The first-order valence-electron chi connectivity index (χ1n) is 6.22. The number of unbranched alkanes of at least 4 members (excludes halogenated alkanes) is 2. The molecule has 1 aliphatic carbocycles. The highest BCUT2D eigenvalue weighted by atomic mass is 32.1. The van der Waals surface area contributed by atoms with Gasteiger partial charge >= 0.3 is 0 Å². The molecule has 88 valence electrons. The molecule has 0 radical (unpaired) electrons. The maximum Gasteiger partial charge on any atom is 0.169 e. The first kappa shape index (κ1) is 12.8. The Morgan fingerprint density at radius 3 is 2.53 bits per heavy atom. The molecule has 1 aliphatic rings. The van der Waals surface area contributed by atoms with Crippen molar-refractivity contribution < 1.29 is 0 Å². The van der Waals surface area contributed by atoms with Crippen molar-refractivity contribution in [2.45, 2.75) is 65.0 Å². The zero-order chi connectivity index (χ0) is 11.3. The molecule has 0 aromatic carbocycles. The molecule has 0 aromatic heterocycles. The summed E-state index contributed by atoms with van der Waals surface area (Å²) in [6.07, 6.45) is 6.41. The van der Waals surface area contributed by atoms with Gasteiger partial charge in [-0.25, -0.2) is 0 Å². The molecule has 0 spiro atoms. The van der Waals surface area contributed by atoms with Crippen LogP contribution in [0, 0.1) is 0 Å². The van der Waals surface area contributed by atoms with Crippen LogP contribution in [0.3, 0.4) is 0 Å². The highest BCUT2D eigenvalue weighted by Crippen LogP contribution is 2.19. The molecule has 0 saturated heterocycles. The number of nitrogens with zero attached hydrogens (tertiary/aromatic N) is 1. The van der Waals surface area contributed by atoms with E-state index in [0.717, 1.165) is 11.7 Å². The Kier molecular flexibility index (Phi) is 5.37. The number of nitrogens with one attached hydrogen (secondary N) is 1. The van der Waals surface area contributed by atoms with Crippen molar-refractivity contribution in [3.8, 4) is 0 Å². The minimum Gasteiger partial charge on any atom is -0.360 e. The summed E-state index contributed by atoms with van der Waals surface area (Å²) in [6.45, 7) is 7.77. The summed E-state index contributed by atoms with van der Waals surface area (Å²) in [4.78, 5) is 2.32. The molecule has 1 saturated carbocycles. The van der Waals surface area contributed by atoms with Gasteiger partial charge in [-0.15, -0.1) is 0 Å². The van der Waals surface area contributed by atoms with E-state index in [2.05, 4.69) is 31.0 Å². The summed E-state index contributed by atoms with van der Waals surface area (Å²) in [7, 11) is 0. The molecule has 0 amide bonds. The van der Waals surface area contributed by atoms with Crippen molar-refractivity contribution in [2.75, 3.05) is 6.54 Å². The molecule has 0 atom stereocenters. The van der Waals surface area contributed by atoms with E-state index in [-0.39, 0.29) is 0 Å². The van der Waals surface area contributed by atoms with Crippen molar-refractivity contribution in [3.63, 3.8) is 0 Å². The van der Waals surface area contributed by atoms with Crippen molar-refractivity contribution in [3.05, 3.63) is 0 Å². The number of rotatable bonds is 6. The predicted molar refractivity (Wildman–Crippen MR) is 70.1 cm³/mol. The second-order valence-corrected chi connectivity index (χ2v) is 5.10. The van der Waals surface area contributed by atoms with Crippen LogP contribution in [0.15, 0.2) is 0 Å². The molecule has 0 bridgehead atoms. The Bertz CT molecular complexity index is 200. The maximum absolute atomic E-state index is 5.43. The monoisotopic (exact) mass is 228 g/mol. The van der Waals surface area contributed by atoms with Gasteiger partial charge < -0.3 is 10.2 Å². The minimum absolute atomic E-state index is 0.514. The first-order chi connectivity index (χ1) is 7.15. The Hall–Kier alpha value is -0.310. The lowest BCUT2D eigenvalue weighted by Crippen LogP contribution is -2.45. The first-order valence-corrected chi connectivity index (χ1v) is 6.63. The average molecular weight is 228 g/mol. The van der Waals surface area contributed by atoms with E-state index in [0.29, 0.717) is 12.1 Å². The van der Waals surface area contributed by atoms with Gasteiger partial charge in [-0.1, -0.05) is 19.8 Å². The van der Waals surface area contributed by atoms with E-state index in [1.807, 2.05) is 0 Å². The highest BCUT2D eigenvalue weighted by molar-refractivity contribution is 7.80. The van der Waals surface area contributed by atoms with Crippen molar-refractivity contribution >= 4 is 17.3 Å². The molecule has 0 aliphatic heterocycles. The Balaban J connectivity index is 2.30. The SMILES string of the molecule is CCCCCN(C(=S)NC1CC1)C(C)C. The smallest absolute Gasteiger partial charge is 0.169 e. The number of hydrogen-bond donors (Lipinski definition) is 1. The number of hydrogen-bond acceptors (Lipinski definition) is 1. The topological polar surface area (TPSA) is 15.3 Å². The van der Waals surface area contributed by atoms with E-state index in [1.165, 1.54) is 32.1 Å². The normalized spacial score (nSPS) is 15.5. The second kappa shape index (κ2) is 6.31. The molecule has 1 rings (SSSR count). The standard InChI is InChI=1S/C12H24N2S/c1-4-5-6-9-14(10(2)3)12(15)13-11-7-8-11/h10-11H,4-9H2,1-3H3,(H,13,15). The zero-order valence-electron chi connectivity index (χ0n) is 10.3. The van der Waals surface area contributed by atoms with Crippen LogP contribution >= 0.6 is 12.2 Å². The van der Waals surface area contributed by atoms with Crippen LogP contribution in [0.2, 0.25) is 0 Å². The summed E-state index contributed by atoms with van der Waals surface area (Å²) in [5.74, 6) is 0. The van der Waals surface area contributed by atoms with Crippen LogP contribution in [0.1, 0.15) is 52.9 Å². The van der Waals surface area contributed by atoms with Crippen LogP contribution in [0.25, 0.3) is 0 Å². The van der Waals surface area contributed by atoms with Gasteiger partial charge in [-0.2, -0.15) is 0 Å². The third kappa shape index (κ3) is 4.83. The van der Waals surface area contributed by atoms with Gasteiger partial charge in [0.05, 0.1) is 0 Å². The van der Waals surface area contributed by atoms with Gasteiger partial charge in [-0.05, 0) is 45.3 Å². The number of thiocarbonyl (C=S) groups is 1. The third-order valence-electron chi connectivity index (χ3n) is 2.79. The van der Waals surface area contributed by atoms with E-state index in [4.69, 9.17) is 12.2 Å². The molecule has 1 N–H and O–H groups in total. The largest absolute Gasteiger partial charge is 0.360 e. The minimum atomic E-state index is 0.514. The third-order valence-corrected chi connectivity index (χ3v) is 3.14. The molecule has 0 heterocycles. The molecule has 15 heavy (non-hydrogen) atoms.